The molecule has 1 aliphatic heterocycles. The molecule has 104 valence electrons. The third-order valence-electron chi connectivity index (χ3n) is 3.59. The van der Waals surface area contributed by atoms with Gasteiger partial charge in [-0.1, -0.05) is 18.5 Å². The molecule has 1 aromatic rings. The highest BCUT2D eigenvalue weighted by Crippen LogP contribution is 2.16. The van der Waals surface area contributed by atoms with Gasteiger partial charge in [-0.2, -0.15) is 0 Å². The molecule has 2 rings (SSSR count). The molecule has 1 unspecified atom stereocenters. The summed E-state index contributed by atoms with van der Waals surface area (Å²) >= 11 is 5.87. The Labute approximate surface area is 119 Å². The minimum atomic E-state index is -0.0737. The quantitative estimate of drug-likeness (QED) is 0.861. The van der Waals surface area contributed by atoms with Crippen molar-refractivity contribution in [3.63, 3.8) is 0 Å². The van der Waals surface area contributed by atoms with Crippen molar-refractivity contribution in [2.45, 2.75) is 32.7 Å². The van der Waals surface area contributed by atoms with Crippen LogP contribution in [-0.4, -0.2) is 41.5 Å². The second-order valence-electron chi connectivity index (χ2n) is 4.95. The Hall–Kier alpha value is -1.13. The van der Waals surface area contributed by atoms with E-state index in [0.717, 1.165) is 25.2 Å². The topological polar surface area (TPSA) is 45.2 Å². The fourth-order valence-corrected chi connectivity index (χ4v) is 2.87. The van der Waals surface area contributed by atoms with E-state index in [1.165, 1.54) is 6.42 Å². The lowest BCUT2D eigenvalue weighted by Crippen LogP contribution is -2.40. The molecular weight excluding hydrogens is 262 g/mol. The molecule has 1 fully saturated rings. The highest BCUT2D eigenvalue weighted by Gasteiger charge is 2.23. The van der Waals surface area contributed by atoms with Crippen molar-refractivity contribution in [1.82, 2.24) is 15.2 Å². The first-order valence-corrected chi connectivity index (χ1v) is 7.14. The number of halogens is 1. The molecule has 1 saturated heterocycles. The molecule has 0 bridgehead atoms. The molecule has 4 nitrogen and oxygen atoms in total. The zero-order valence-electron chi connectivity index (χ0n) is 11.4. The van der Waals surface area contributed by atoms with Crippen LogP contribution < -0.4 is 5.32 Å². The van der Waals surface area contributed by atoms with Crippen molar-refractivity contribution >= 4 is 17.5 Å². The number of pyridine rings is 1. The lowest BCUT2D eigenvalue weighted by molar-refractivity contribution is 0.0941. The highest BCUT2D eigenvalue weighted by atomic mass is 35.5. The van der Waals surface area contributed by atoms with Crippen molar-refractivity contribution in [2.75, 3.05) is 19.6 Å². The molecule has 1 aromatic heterocycles. The molecular formula is C14H20ClN3O. The summed E-state index contributed by atoms with van der Waals surface area (Å²) in [6, 6.07) is 3.83. The number of nitrogens with zero attached hydrogens (tertiary/aromatic N) is 2. The molecule has 1 amide bonds. The third-order valence-corrected chi connectivity index (χ3v) is 3.78. The van der Waals surface area contributed by atoms with Crippen molar-refractivity contribution in [3.05, 3.63) is 28.5 Å². The van der Waals surface area contributed by atoms with Gasteiger partial charge in [0.15, 0.2) is 0 Å². The third kappa shape index (κ3) is 3.67. The van der Waals surface area contributed by atoms with Crippen molar-refractivity contribution in [1.29, 1.82) is 0 Å². The van der Waals surface area contributed by atoms with Crippen molar-refractivity contribution in [2.24, 2.45) is 0 Å². The second kappa shape index (κ2) is 6.35. The average Bonchev–Trinajstić information content (AvgIpc) is 2.82. The molecule has 1 N–H and O–H groups in total. The van der Waals surface area contributed by atoms with E-state index >= 15 is 0 Å². The van der Waals surface area contributed by atoms with E-state index in [9.17, 15) is 4.79 Å². The molecule has 1 atom stereocenters. The second-order valence-corrected chi connectivity index (χ2v) is 5.34. The molecule has 2 heterocycles. The summed E-state index contributed by atoms with van der Waals surface area (Å²) in [4.78, 5) is 18.5. The predicted octanol–water partition coefficient (Wildman–Crippen LogP) is 2.26. The van der Waals surface area contributed by atoms with E-state index in [1.54, 1.807) is 12.1 Å². The lowest BCUT2D eigenvalue weighted by Gasteiger charge is -2.22. The maximum Gasteiger partial charge on any atom is 0.251 e. The minimum absolute atomic E-state index is 0.0737. The minimum Gasteiger partial charge on any atom is -0.350 e. The molecule has 0 radical (unpaired) electrons. The van der Waals surface area contributed by atoms with Gasteiger partial charge in [0.25, 0.3) is 5.91 Å². The zero-order chi connectivity index (χ0) is 13.8. The number of hydrogen-bond acceptors (Lipinski definition) is 3. The van der Waals surface area contributed by atoms with Gasteiger partial charge >= 0.3 is 0 Å². The van der Waals surface area contributed by atoms with E-state index in [2.05, 4.69) is 22.1 Å². The van der Waals surface area contributed by atoms with Crippen molar-refractivity contribution < 1.29 is 4.79 Å². The Kier molecular flexibility index (Phi) is 4.77. The molecule has 1 aliphatic rings. The summed E-state index contributed by atoms with van der Waals surface area (Å²) < 4.78 is 0. The van der Waals surface area contributed by atoms with E-state index < -0.39 is 0 Å². The van der Waals surface area contributed by atoms with Gasteiger partial charge in [0.05, 0.1) is 0 Å². The van der Waals surface area contributed by atoms with Gasteiger partial charge in [-0.15, -0.1) is 0 Å². The van der Waals surface area contributed by atoms with E-state index in [0.29, 0.717) is 23.3 Å². The number of aromatic nitrogens is 1. The molecule has 0 saturated carbocycles. The molecule has 0 aliphatic carbocycles. The molecule has 0 spiro atoms. The number of carbonyl (C=O) groups excluding carboxylic acids is 1. The van der Waals surface area contributed by atoms with Crippen LogP contribution in [0.15, 0.2) is 12.1 Å². The number of aryl methyl sites for hydroxylation is 1. The van der Waals surface area contributed by atoms with Gasteiger partial charge in [-0.25, -0.2) is 4.98 Å². The fraction of sp³-hybridized carbons (Fsp3) is 0.571. The fourth-order valence-electron chi connectivity index (χ4n) is 2.61. The normalized spacial score (nSPS) is 19.6. The van der Waals surface area contributed by atoms with Crippen LogP contribution in [0.25, 0.3) is 0 Å². The summed E-state index contributed by atoms with van der Waals surface area (Å²) in [6.07, 6.45) is 2.37. The van der Waals surface area contributed by atoms with Crippen LogP contribution in [-0.2, 0) is 0 Å². The zero-order valence-corrected chi connectivity index (χ0v) is 12.2. The van der Waals surface area contributed by atoms with E-state index in [1.807, 2.05) is 6.92 Å². The number of rotatable bonds is 4. The first kappa shape index (κ1) is 14.3. The Bertz CT molecular complexity index is 444. The monoisotopic (exact) mass is 281 g/mol. The number of nitrogens with one attached hydrogen (secondary N) is 1. The number of hydrogen-bond donors (Lipinski definition) is 1. The van der Waals surface area contributed by atoms with Crippen LogP contribution in [0.4, 0.5) is 0 Å². The molecule has 19 heavy (non-hydrogen) atoms. The lowest BCUT2D eigenvalue weighted by atomic mass is 10.2. The Balaban J connectivity index is 1.94. The Morgan fingerprint density at radius 3 is 3.05 bits per heavy atom. The van der Waals surface area contributed by atoms with E-state index in [4.69, 9.17) is 11.6 Å². The number of likely N-dealkylation sites (tertiary alicyclic amines) is 1. The van der Waals surface area contributed by atoms with Gasteiger partial charge in [-0.3, -0.25) is 9.69 Å². The summed E-state index contributed by atoms with van der Waals surface area (Å²) in [6.45, 7) is 6.87. The summed E-state index contributed by atoms with van der Waals surface area (Å²) in [7, 11) is 0. The van der Waals surface area contributed by atoms with Crippen LogP contribution in [0.3, 0.4) is 0 Å². The van der Waals surface area contributed by atoms with Crippen LogP contribution in [0.1, 0.15) is 35.8 Å². The Morgan fingerprint density at radius 1 is 1.58 bits per heavy atom. The van der Waals surface area contributed by atoms with Gasteiger partial charge in [-0.05, 0) is 45.0 Å². The van der Waals surface area contributed by atoms with Crippen LogP contribution in [0.5, 0.6) is 0 Å². The SMILES string of the molecule is CCN1CCCC1CNC(=O)c1cc(C)nc(Cl)c1. The van der Waals surface area contributed by atoms with E-state index in [-0.39, 0.29) is 5.91 Å². The summed E-state index contributed by atoms with van der Waals surface area (Å²) in [5, 5.41) is 3.35. The van der Waals surface area contributed by atoms with Gasteiger partial charge < -0.3 is 5.32 Å². The number of carbonyl (C=O) groups is 1. The molecule has 0 aromatic carbocycles. The highest BCUT2D eigenvalue weighted by molar-refractivity contribution is 6.29. The number of amides is 1. The smallest absolute Gasteiger partial charge is 0.251 e. The van der Waals surface area contributed by atoms with Crippen LogP contribution in [0, 0.1) is 6.92 Å². The summed E-state index contributed by atoms with van der Waals surface area (Å²) in [5.74, 6) is -0.0737. The van der Waals surface area contributed by atoms with Crippen LogP contribution >= 0.6 is 11.6 Å². The van der Waals surface area contributed by atoms with Crippen molar-refractivity contribution in [3.8, 4) is 0 Å². The Morgan fingerprint density at radius 2 is 2.37 bits per heavy atom. The van der Waals surface area contributed by atoms with Crippen LogP contribution in [0.2, 0.25) is 5.15 Å². The maximum atomic E-state index is 12.1. The average molecular weight is 282 g/mol. The maximum absolute atomic E-state index is 12.1. The van der Waals surface area contributed by atoms with Gasteiger partial charge in [0.1, 0.15) is 5.15 Å². The largest absolute Gasteiger partial charge is 0.350 e. The first-order chi connectivity index (χ1) is 9.10. The predicted molar refractivity (Wildman–Crippen MR) is 76.6 cm³/mol. The molecule has 5 heteroatoms. The van der Waals surface area contributed by atoms with Gasteiger partial charge in [0, 0.05) is 23.8 Å². The van der Waals surface area contributed by atoms with Gasteiger partial charge in [0.2, 0.25) is 0 Å². The number of likely N-dealkylation sites (N-methyl/N-ethyl adjacent to an activating group) is 1. The first-order valence-electron chi connectivity index (χ1n) is 6.76. The standard InChI is InChI=1S/C14H20ClN3O/c1-3-18-6-4-5-12(18)9-16-14(19)11-7-10(2)17-13(15)8-11/h7-8,12H,3-6,9H2,1-2H3,(H,16,19). The summed E-state index contributed by atoms with van der Waals surface area (Å²) in [5.41, 5.74) is 1.34.